The van der Waals surface area contributed by atoms with E-state index in [-0.39, 0.29) is 0 Å². The van der Waals surface area contributed by atoms with Crippen LogP contribution in [-0.2, 0) is 16.6 Å². The minimum atomic E-state index is -3.35. The van der Waals surface area contributed by atoms with Crippen LogP contribution in [0.15, 0.2) is 34.2 Å². The molecule has 25 heavy (non-hydrogen) atoms. The minimum absolute atomic E-state index is 0.382. The third kappa shape index (κ3) is 4.52. The molecule has 0 spiro atoms. The lowest BCUT2D eigenvalue weighted by molar-refractivity contribution is 0.346. The number of piperidine rings is 1. The van der Waals surface area contributed by atoms with Crippen molar-refractivity contribution in [3.8, 4) is 0 Å². The summed E-state index contributed by atoms with van der Waals surface area (Å²) in [6.45, 7) is 4.09. The number of guanidine groups is 1. The molecule has 0 radical (unpaired) electrons. The molecule has 6 nitrogen and oxygen atoms in total. The van der Waals surface area contributed by atoms with E-state index in [0.29, 0.717) is 36.5 Å². The third-order valence-corrected chi connectivity index (χ3v) is 6.90. The van der Waals surface area contributed by atoms with Gasteiger partial charge in [0.05, 0.1) is 4.90 Å². The van der Waals surface area contributed by atoms with Crippen molar-refractivity contribution in [1.29, 1.82) is 0 Å². The lowest BCUT2D eigenvalue weighted by Crippen LogP contribution is -2.38. The van der Waals surface area contributed by atoms with E-state index in [0.717, 1.165) is 30.8 Å². The Hall–Kier alpha value is -1.60. The van der Waals surface area contributed by atoms with E-state index in [9.17, 15) is 8.42 Å². The molecule has 1 aliphatic heterocycles. The average Bonchev–Trinajstić information content (AvgIpc) is 3.34. The van der Waals surface area contributed by atoms with Gasteiger partial charge in [0, 0.05) is 32.7 Å². The molecule has 0 aromatic heterocycles. The SMILES string of the molecule is CN=C(NCc1ccc(S(=O)(=O)N2CCCCC2)cc1)NC1CC1C. The van der Waals surface area contributed by atoms with Crippen LogP contribution in [0.2, 0.25) is 0 Å². The van der Waals surface area contributed by atoms with Crippen molar-refractivity contribution < 1.29 is 8.42 Å². The van der Waals surface area contributed by atoms with Crippen molar-refractivity contribution in [1.82, 2.24) is 14.9 Å². The van der Waals surface area contributed by atoms with Crippen LogP contribution in [0.4, 0.5) is 0 Å². The van der Waals surface area contributed by atoms with E-state index in [1.165, 1.54) is 6.42 Å². The second-order valence-electron chi connectivity index (χ2n) is 7.00. The Bertz CT molecular complexity index is 709. The van der Waals surface area contributed by atoms with Crippen molar-refractivity contribution in [3.63, 3.8) is 0 Å². The fourth-order valence-corrected chi connectivity index (χ4v) is 4.63. The van der Waals surface area contributed by atoms with Gasteiger partial charge in [0.2, 0.25) is 10.0 Å². The molecule has 1 aromatic carbocycles. The summed E-state index contributed by atoms with van der Waals surface area (Å²) in [5, 5.41) is 6.65. The Morgan fingerprint density at radius 2 is 1.84 bits per heavy atom. The molecule has 3 rings (SSSR count). The molecule has 2 atom stereocenters. The number of aliphatic imine (C=N–C) groups is 1. The van der Waals surface area contributed by atoms with Gasteiger partial charge in [-0.05, 0) is 42.9 Å². The summed E-state index contributed by atoms with van der Waals surface area (Å²) in [4.78, 5) is 4.61. The van der Waals surface area contributed by atoms with Gasteiger partial charge < -0.3 is 10.6 Å². The molecule has 0 amide bonds. The molecular weight excluding hydrogens is 336 g/mol. The van der Waals surface area contributed by atoms with Crippen LogP contribution in [0.3, 0.4) is 0 Å². The highest BCUT2D eigenvalue weighted by molar-refractivity contribution is 7.89. The van der Waals surface area contributed by atoms with Gasteiger partial charge in [-0.25, -0.2) is 8.42 Å². The topological polar surface area (TPSA) is 73.8 Å². The molecule has 2 unspecified atom stereocenters. The second kappa shape index (κ2) is 7.74. The lowest BCUT2D eigenvalue weighted by atomic mass is 10.2. The number of hydrogen-bond donors (Lipinski definition) is 2. The van der Waals surface area contributed by atoms with Crippen molar-refractivity contribution >= 4 is 16.0 Å². The second-order valence-corrected chi connectivity index (χ2v) is 8.94. The first-order valence-electron chi connectivity index (χ1n) is 9.07. The molecule has 1 saturated heterocycles. The highest BCUT2D eigenvalue weighted by Crippen LogP contribution is 2.28. The van der Waals surface area contributed by atoms with Gasteiger partial charge >= 0.3 is 0 Å². The minimum Gasteiger partial charge on any atom is -0.353 e. The van der Waals surface area contributed by atoms with Crippen molar-refractivity contribution in [3.05, 3.63) is 29.8 Å². The van der Waals surface area contributed by atoms with Gasteiger partial charge in [-0.1, -0.05) is 25.5 Å². The van der Waals surface area contributed by atoms with E-state index in [4.69, 9.17) is 0 Å². The maximum Gasteiger partial charge on any atom is 0.243 e. The number of sulfonamides is 1. The maximum absolute atomic E-state index is 12.7. The van der Waals surface area contributed by atoms with Gasteiger partial charge in [-0.15, -0.1) is 0 Å². The molecule has 1 aliphatic carbocycles. The zero-order chi connectivity index (χ0) is 17.9. The smallest absolute Gasteiger partial charge is 0.243 e. The van der Waals surface area contributed by atoms with Gasteiger partial charge in [-0.3, -0.25) is 4.99 Å². The van der Waals surface area contributed by atoms with Gasteiger partial charge in [0.25, 0.3) is 0 Å². The van der Waals surface area contributed by atoms with E-state index < -0.39 is 10.0 Å². The lowest BCUT2D eigenvalue weighted by Gasteiger charge is -2.25. The van der Waals surface area contributed by atoms with Crippen molar-refractivity contribution in [2.45, 2.75) is 50.1 Å². The Labute approximate surface area is 150 Å². The van der Waals surface area contributed by atoms with Crippen molar-refractivity contribution in [2.24, 2.45) is 10.9 Å². The average molecular weight is 365 g/mol. The maximum atomic E-state index is 12.7. The summed E-state index contributed by atoms with van der Waals surface area (Å²) in [6.07, 6.45) is 4.20. The fraction of sp³-hybridized carbons (Fsp3) is 0.611. The van der Waals surface area contributed by atoms with E-state index in [2.05, 4.69) is 22.5 Å². The Morgan fingerprint density at radius 3 is 2.40 bits per heavy atom. The normalized spacial score (nSPS) is 24.8. The number of hydrogen-bond acceptors (Lipinski definition) is 3. The number of benzene rings is 1. The standard InChI is InChI=1S/C18H28N4O2S/c1-14-12-17(14)21-18(19-2)20-13-15-6-8-16(9-7-15)25(23,24)22-10-4-3-5-11-22/h6-9,14,17H,3-5,10-13H2,1-2H3,(H2,19,20,21). The van der Waals surface area contributed by atoms with Crippen molar-refractivity contribution in [2.75, 3.05) is 20.1 Å². The summed E-state index contributed by atoms with van der Waals surface area (Å²) in [6, 6.07) is 7.68. The van der Waals surface area contributed by atoms with Gasteiger partial charge in [0.1, 0.15) is 0 Å². The Balaban J connectivity index is 1.58. The predicted molar refractivity (Wildman–Crippen MR) is 100.0 cm³/mol. The van der Waals surface area contributed by atoms with E-state index in [1.54, 1.807) is 23.5 Å². The van der Waals surface area contributed by atoms with Crippen LogP contribution in [0.5, 0.6) is 0 Å². The Kier molecular flexibility index (Phi) is 5.64. The first kappa shape index (κ1) is 18.2. The predicted octanol–water partition coefficient (Wildman–Crippen LogP) is 1.93. The van der Waals surface area contributed by atoms with E-state index >= 15 is 0 Å². The molecule has 0 bridgehead atoms. The van der Waals surface area contributed by atoms with Crippen LogP contribution >= 0.6 is 0 Å². The molecular formula is C18H28N4O2S. The molecule has 1 heterocycles. The fourth-order valence-electron chi connectivity index (χ4n) is 3.11. The molecule has 7 heteroatoms. The molecule has 1 saturated carbocycles. The quantitative estimate of drug-likeness (QED) is 0.618. The summed E-state index contributed by atoms with van der Waals surface area (Å²) in [5.74, 6) is 1.50. The number of rotatable bonds is 5. The van der Waals surface area contributed by atoms with Crippen LogP contribution in [0.25, 0.3) is 0 Å². The number of nitrogens with zero attached hydrogens (tertiary/aromatic N) is 2. The summed E-state index contributed by atoms with van der Waals surface area (Å²) < 4.78 is 26.9. The highest BCUT2D eigenvalue weighted by atomic mass is 32.2. The van der Waals surface area contributed by atoms with Gasteiger partial charge in [0.15, 0.2) is 5.96 Å². The van der Waals surface area contributed by atoms with Crippen LogP contribution in [-0.4, -0.2) is 44.9 Å². The highest BCUT2D eigenvalue weighted by Gasteiger charge is 2.33. The zero-order valence-corrected chi connectivity index (χ0v) is 15.8. The molecule has 138 valence electrons. The largest absolute Gasteiger partial charge is 0.353 e. The summed E-state index contributed by atoms with van der Waals surface area (Å²) in [5.41, 5.74) is 1.03. The number of nitrogens with one attached hydrogen (secondary N) is 2. The first-order chi connectivity index (χ1) is 12.0. The monoisotopic (exact) mass is 364 g/mol. The van der Waals surface area contributed by atoms with Crippen LogP contribution in [0, 0.1) is 5.92 Å². The summed E-state index contributed by atoms with van der Waals surface area (Å²) in [7, 11) is -1.59. The van der Waals surface area contributed by atoms with Gasteiger partial charge in [-0.2, -0.15) is 4.31 Å². The first-order valence-corrected chi connectivity index (χ1v) is 10.5. The molecule has 2 aliphatic rings. The molecule has 1 aromatic rings. The van der Waals surface area contributed by atoms with E-state index in [1.807, 2.05) is 12.1 Å². The van der Waals surface area contributed by atoms with Crippen LogP contribution < -0.4 is 10.6 Å². The Morgan fingerprint density at radius 1 is 1.20 bits per heavy atom. The van der Waals surface area contributed by atoms with Crippen LogP contribution in [0.1, 0.15) is 38.2 Å². The molecule has 2 fully saturated rings. The molecule has 2 N–H and O–H groups in total. The zero-order valence-electron chi connectivity index (χ0n) is 15.0. The third-order valence-electron chi connectivity index (χ3n) is 4.99. The summed E-state index contributed by atoms with van der Waals surface area (Å²) >= 11 is 0.